The van der Waals surface area contributed by atoms with Crippen LogP contribution in [0.3, 0.4) is 0 Å². The van der Waals surface area contributed by atoms with E-state index in [0.717, 1.165) is 0 Å². The maximum Gasteiger partial charge on any atom is 0.220 e. The number of hydrogen-bond donors (Lipinski definition) is 2. The summed E-state index contributed by atoms with van der Waals surface area (Å²) in [5.74, 6) is -0.0787. The number of hydrogen-bond acceptors (Lipinski definition) is 2. The Bertz CT molecular complexity index is 99.2. The molecule has 0 aromatic carbocycles. The minimum Gasteiger partial charge on any atom is -0.405 e. The smallest absolute Gasteiger partial charge is 0.220 e. The molecule has 0 rings (SSSR count). The summed E-state index contributed by atoms with van der Waals surface area (Å²) in [5, 5.41) is 2.33. The summed E-state index contributed by atoms with van der Waals surface area (Å²) in [6.07, 6.45) is 2.60. The van der Waals surface area contributed by atoms with Crippen LogP contribution in [-0.4, -0.2) is 5.91 Å². The summed E-state index contributed by atoms with van der Waals surface area (Å²) in [6, 6.07) is 0. The Balaban J connectivity index is 0. The molecule has 0 aliphatic heterocycles. The van der Waals surface area contributed by atoms with E-state index in [4.69, 9.17) is 0 Å². The molecular weight excluding hydrogens is 116 g/mol. The normalized spacial score (nSPS) is 5.89. The van der Waals surface area contributed by atoms with E-state index in [9.17, 15) is 4.79 Å². The molecule has 0 heterocycles. The van der Waals surface area contributed by atoms with Crippen molar-refractivity contribution in [2.45, 2.75) is 6.92 Å². The van der Waals surface area contributed by atoms with Gasteiger partial charge < -0.3 is 11.1 Å². The van der Waals surface area contributed by atoms with Crippen molar-refractivity contribution in [2.75, 3.05) is 0 Å². The van der Waals surface area contributed by atoms with E-state index < -0.39 is 0 Å². The molecule has 0 spiro atoms. The quantitative estimate of drug-likeness (QED) is 0.535. The molecule has 0 unspecified atom stereocenters. The fourth-order valence-corrected chi connectivity index (χ4v) is 0.144. The molecule has 9 heavy (non-hydrogen) atoms. The molecule has 0 aromatic heterocycles. The van der Waals surface area contributed by atoms with Crippen molar-refractivity contribution in [2.24, 2.45) is 5.73 Å². The van der Waals surface area contributed by atoms with Crippen molar-refractivity contribution < 1.29 is 4.79 Å². The lowest BCUT2D eigenvalue weighted by atomic mass is 10.7. The monoisotopic (exact) mass is 128 g/mol. The van der Waals surface area contributed by atoms with Gasteiger partial charge in [-0.25, -0.2) is 0 Å². The predicted molar refractivity (Wildman–Crippen MR) is 38.4 cm³/mol. The Morgan fingerprint density at radius 2 is 2.00 bits per heavy atom. The topological polar surface area (TPSA) is 55.1 Å². The average Bonchev–Trinajstić information content (AvgIpc) is 1.67. The number of nitrogens with one attached hydrogen (secondary N) is 1. The first-order valence-electron chi connectivity index (χ1n) is 2.39. The first-order valence-corrected chi connectivity index (χ1v) is 2.39. The van der Waals surface area contributed by atoms with E-state index in [1.165, 1.54) is 19.3 Å². The molecule has 0 atom stereocenters. The first kappa shape index (κ1) is 10.7. The van der Waals surface area contributed by atoms with Gasteiger partial charge >= 0.3 is 0 Å². The molecule has 1 amide bonds. The van der Waals surface area contributed by atoms with E-state index >= 15 is 0 Å². The van der Waals surface area contributed by atoms with Crippen molar-refractivity contribution >= 4 is 5.91 Å². The molecule has 0 radical (unpaired) electrons. The van der Waals surface area contributed by atoms with Crippen molar-refractivity contribution in [1.29, 1.82) is 0 Å². The van der Waals surface area contributed by atoms with Crippen LogP contribution in [0.2, 0.25) is 0 Å². The zero-order chi connectivity index (χ0) is 7.70. The molecule has 3 heteroatoms. The van der Waals surface area contributed by atoms with Gasteiger partial charge in [0.2, 0.25) is 5.91 Å². The maximum absolute atomic E-state index is 9.86. The highest BCUT2D eigenvalue weighted by Crippen LogP contribution is 1.54. The van der Waals surface area contributed by atoms with Crippen LogP contribution >= 0.6 is 0 Å². The van der Waals surface area contributed by atoms with Crippen LogP contribution in [0.5, 0.6) is 0 Å². The third kappa shape index (κ3) is 49.7. The summed E-state index contributed by atoms with van der Waals surface area (Å²) < 4.78 is 0. The molecular formula is C6H12N2O. The minimum absolute atomic E-state index is 0.0787. The van der Waals surface area contributed by atoms with Crippen molar-refractivity contribution in [3.63, 3.8) is 0 Å². The SMILES string of the molecule is C=CN.C=CNC(C)=O. The van der Waals surface area contributed by atoms with Gasteiger partial charge in [0.25, 0.3) is 0 Å². The highest BCUT2D eigenvalue weighted by molar-refractivity contribution is 5.73. The summed E-state index contributed by atoms with van der Waals surface area (Å²) in [6.45, 7) is 7.84. The van der Waals surface area contributed by atoms with Gasteiger partial charge in [0, 0.05) is 6.92 Å². The summed E-state index contributed by atoms with van der Waals surface area (Å²) >= 11 is 0. The summed E-state index contributed by atoms with van der Waals surface area (Å²) in [7, 11) is 0. The van der Waals surface area contributed by atoms with Crippen LogP contribution in [-0.2, 0) is 4.79 Å². The molecule has 0 aliphatic carbocycles. The molecule has 0 aliphatic rings. The Hall–Kier alpha value is -1.25. The Morgan fingerprint density at radius 3 is 2.00 bits per heavy atom. The molecule has 0 fully saturated rings. The molecule has 3 N–H and O–H groups in total. The molecule has 52 valence electrons. The second kappa shape index (κ2) is 9.89. The third-order valence-corrected chi connectivity index (χ3v) is 0.305. The Labute approximate surface area is 55.2 Å². The summed E-state index contributed by atoms with van der Waals surface area (Å²) in [4.78, 5) is 9.86. The predicted octanol–water partition coefficient (Wildman–Crippen LogP) is 0.355. The lowest BCUT2D eigenvalue weighted by molar-refractivity contribution is -0.118. The van der Waals surface area contributed by atoms with E-state index in [1.54, 1.807) is 0 Å². The Kier molecular flexibility index (Phi) is 11.7. The third-order valence-electron chi connectivity index (χ3n) is 0.305. The van der Waals surface area contributed by atoms with Crippen LogP contribution < -0.4 is 11.1 Å². The van der Waals surface area contributed by atoms with Crippen LogP contribution in [0, 0.1) is 0 Å². The van der Waals surface area contributed by atoms with Gasteiger partial charge in [-0.05, 0) is 12.4 Å². The lowest BCUT2D eigenvalue weighted by Gasteiger charge is -1.83. The Morgan fingerprint density at radius 1 is 1.67 bits per heavy atom. The van der Waals surface area contributed by atoms with Crippen molar-refractivity contribution in [3.8, 4) is 0 Å². The van der Waals surface area contributed by atoms with Crippen LogP contribution in [0.1, 0.15) is 6.92 Å². The van der Waals surface area contributed by atoms with Gasteiger partial charge in [-0.3, -0.25) is 4.79 Å². The highest BCUT2D eigenvalue weighted by Gasteiger charge is 1.75. The average molecular weight is 128 g/mol. The second-order valence-electron chi connectivity index (χ2n) is 1.14. The number of carbonyl (C=O) groups is 1. The van der Waals surface area contributed by atoms with E-state index in [1.807, 2.05) is 0 Å². The molecule has 3 nitrogen and oxygen atoms in total. The van der Waals surface area contributed by atoms with Crippen LogP contribution in [0.15, 0.2) is 25.6 Å². The molecule has 0 saturated heterocycles. The van der Waals surface area contributed by atoms with E-state index in [2.05, 4.69) is 24.2 Å². The molecule has 0 saturated carbocycles. The van der Waals surface area contributed by atoms with Crippen LogP contribution in [0.25, 0.3) is 0 Å². The van der Waals surface area contributed by atoms with Crippen LogP contribution in [0.4, 0.5) is 0 Å². The van der Waals surface area contributed by atoms with E-state index in [0.29, 0.717) is 0 Å². The number of nitrogens with two attached hydrogens (primary N) is 1. The van der Waals surface area contributed by atoms with E-state index in [-0.39, 0.29) is 5.91 Å². The largest absolute Gasteiger partial charge is 0.405 e. The van der Waals surface area contributed by atoms with Gasteiger partial charge in [0.15, 0.2) is 0 Å². The van der Waals surface area contributed by atoms with Crippen molar-refractivity contribution in [1.82, 2.24) is 5.32 Å². The zero-order valence-electron chi connectivity index (χ0n) is 5.55. The highest BCUT2D eigenvalue weighted by atomic mass is 16.1. The molecule has 0 aromatic rings. The van der Waals surface area contributed by atoms with Crippen molar-refractivity contribution in [3.05, 3.63) is 25.6 Å². The van der Waals surface area contributed by atoms with Gasteiger partial charge in [-0.15, -0.1) is 0 Å². The fraction of sp³-hybridized carbons (Fsp3) is 0.167. The number of amides is 1. The van der Waals surface area contributed by atoms with Gasteiger partial charge in [0.1, 0.15) is 0 Å². The zero-order valence-corrected chi connectivity index (χ0v) is 5.55. The van der Waals surface area contributed by atoms with Gasteiger partial charge in [-0.2, -0.15) is 0 Å². The summed E-state index contributed by atoms with van der Waals surface area (Å²) in [5.41, 5.74) is 4.61. The standard InChI is InChI=1S/C4H7NO.C2H5N/c1-3-5-4(2)6;1-2-3/h3H,1H2,2H3,(H,5,6);2H,1,3H2. The van der Waals surface area contributed by atoms with Gasteiger partial charge in [-0.1, -0.05) is 13.2 Å². The first-order chi connectivity index (χ1) is 4.18. The second-order valence-corrected chi connectivity index (χ2v) is 1.14. The number of carbonyl (C=O) groups excluding carboxylic acids is 1. The minimum atomic E-state index is -0.0787. The fourth-order valence-electron chi connectivity index (χ4n) is 0.144. The van der Waals surface area contributed by atoms with Gasteiger partial charge in [0.05, 0.1) is 0 Å². The number of rotatable bonds is 1. The molecule has 0 bridgehead atoms. The maximum atomic E-state index is 9.86. The lowest BCUT2D eigenvalue weighted by Crippen LogP contribution is -2.10.